The van der Waals surface area contributed by atoms with Gasteiger partial charge in [0, 0.05) is 46.7 Å². The van der Waals surface area contributed by atoms with Crippen molar-refractivity contribution >= 4 is 38.2 Å². The fourth-order valence-corrected chi connectivity index (χ4v) is 4.73. The van der Waals surface area contributed by atoms with Crippen LogP contribution in [0.15, 0.2) is 73.1 Å². The molecule has 3 aromatic heterocycles. The second-order valence-corrected chi connectivity index (χ2v) is 7.99. The van der Waals surface area contributed by atoms with E-state index in [2.05, 4.69) is 103 Å². The van der Waals surface area contributed by atoms with Gasteiger partial charge in [-0.2, -0.15) is 0 Å². The van der Waals surface area contributed by atoms with Crippen molar-refractivity contribution in [3.05, 3.63) is 84.2 Å². The summed E-state index contributed by atoms with van der Waals surface area (Å²) in [7, 11) is 2.10. The van der Waals surface area contributed by atoms with Gasteiger partial charge < -0.3 is 4.57 Å². The normalized spacial score (nSPS) is 12.0. The maximum absolute atomic E-state index is 5.13. The third kappa shape index (κ3) is 2.21. The van der Waals surface area contributed by atoms with E-state index >= 15 is 0 Å². The molecule has 0 bridgehead atoms. The van der Waals surface area contributed by atoms with E-state index in [1.807, 2.05) is 0 Å². The molecule has 0 saturated heterocycles. The highest BCUT2D eigenvalue weighted by Crippen LogP contribution is 2.35. The molecule has 0 saturated carbocycles. The van der Waals surface area contributed by atoms with E-state index in [1.165, 1.54) is 49.3 Å². The number of hydrogen-bond acceptors (Lipinski definition) is 1. The van der Waals surface area contributed by atoms with Crippen molar-refractivity contribution in [1.82, 2.24) is 14.0 Å². The van der Waals surface area contributed by atoms with E-state index in [0.717, 1.165) is 11.3 Å². The van der Waals surface area contributed by atoms with Gasteiger partial charge in [-0.05, 0) is 48.6 Å². The molecule has 3 heteroatoms. The van der Waals surface area contributed by atoms with Crippen LogP contribution in [0.2, 0.25) is 0 Å². The number of aryl methyl sites for hydroxylation is 3. The van der Waals surface area contributed by atoms with Gasteiger partial charge in [0.05, 0.1) is 11.2 Å². The molecule has 3 heterocycles. The first kappa shape index (κ1) is 16.4. The van der Waals surface area contributed by atoms with Crippen LogP contribution in [-0.4, -0.2) is 14.0 Å². The molecule has 3 nitrogen and oxygen atoms in total. The van der Waals surface area contributed by atoms with Gasteiger partial charge in [0.2, 0.25) is 0 Å². The van der Waals surface area contributed by atoms with Crippen LogP contribution in [0.25, 0.3) is 49.5 Å². The zero-order chi connectivity index (χ0) is 19.7. The van der Waals surface area contributed by atoms with E-state index in [0.29, 0.717) is 0 Å². The second-order valence-electron chi connectivity index (χ2n) is 7.99. The summed E-state index contributed by atoms with van der Waals surface area (Å²) in [6.07, 6.45) is 4.33. The van der Waals surface area contributed by atoms with Gasteiger partial charge in [-0.25, -0.2) is 4.98 Å². The van der Waals surface area contributed by atoms with Crippen molar-refractivity contribution in [2.45, 2.75) is 13.8 Å². The van der Waals surface area contributed by atoms with Crippen molar-refractivity contribution in [3.63, 3.8) is 0 Å². The summed E-state index contributed by atoms with van der Waals surface area (Å²) in [5, 5.41) is 4.94. The maximum atomic E-state index is 5.13. The van der Waals surface area contributed by atoms with E-state index < -0.39 is 0 Å². The van der Waals surface area contributed by atoms with Crippen LogP contribution in [0.3, 0.4) is 0 Å². The average Bonchev–Trinajstić information content (AvgIpc) is 3.31. The van der Waals surface area contributed by atoms with E-state index in [9.17, 15) is 0 Å². The van der Waals surface area contributed by atoms with E-state index in [-0.39, 0.29) is 0 Å². The number of benzene rings is 3. The highest BCUT2D eigenvalue weighted by molar-refractivity contribution is 6.15. The average molecular weight is 375 g/mol. The van der Waals surface area contributed by atoms with Crippen molar-refractivity contribution < 1.29 is 0 Å². The van der Waals surface area contributed by atoms with Crippen LogP contribution in [0, 0.1) is 13.8 Å². The highest BCUT2D eigenvalue weighted by atomic mass is 15.0. The molecule has 0 aliphatic carbocycles. The number of rotatable bonds is 1. The molecule has 29 heavy (non-hydrogen) atoms. The van der Waals surface area contributed by atoms with Crippen LogP contribution in [0.4, 0.5) is 0 Å². The Kier molecular flexibility index (Phi) is 3.22. The molecule has 0 aliphatic rings. The van der Waals surface area contributed by atoms with Crippen LogP contribution in [-0.2, 0) is 7.05 Å². The molecule has 0 N–H and O–H groups in total. The summed E-state index contributed by atoms with van der Waals surface area (Å²) in [6, 6.07) is 21.8. The summed E-state index contributed by atoms with van der Waals surface area (Å²) in [4.78, 5) is 5.13. The van der Waals surface area contributed by atoms with Crippen molar-refractivity contribution in [1.29, 1.82) is 0 Å². The Morgan fingerprint density at radius 1 is 0.759 bits per heavy atom. The second kappa shape index (κ2) is 5.71. The van der Waals surface area contributed by atoms with Gasteiger partial charge in [-0.1, -0.05) is 42.5 Å². The lowest BCUT2D eigenvalue weighted by Crippen LogP contribution is -1.91. The lowest BCUT2D eigenvalue weighted by molar-refractivity contribution is 0.970. The van der Waals surface area contributed by atoms with Gasteiger partial charge in [-0.3, -0.25) is 4.40 Å². The number of imidazole rings is 1. The molecule has 0 unspecified atom stereocenters. The summed E-state index contributed by atoms with van der Waals surface area (Å²) in [5.74, 6) is 0. The van der Waals surface area contributed by atoms with Gasteiger partial charge in [-0.15, -0.1) is 0 Å². The molecule has 0 fully saturated rings. The van der Waals surface area contributed by atoms with Gasteiger partial charge >= 0.3 is 0 Å². The Bertz CT molecular complexity index is 1560. The van der Waals surface area contributed by atoms with E-state index in [1.54, 1.807) is 0 Å². The third-order valence-electron chi connectivity index (χ3n) is 6.16. The van der Waals surface area contributed by atoms with Gasteiger partial charge in [0.15, 0.2) is 0 Å². The van der Waals surface area contributed by atoms with Crippen molar-refractivity contribution in [3.8, 4) is 11.3 Å². The van der Waals surface area contributed by atoms with Gasteiger partial charge in [0.25, 0.3) is 0 Å². The maximum Gasteiger partial charge on any atom is 0.145 e. The number of pyridine rings is 1. The fraction of sp³-hybridized carbons (Fsp3) is 0.115. The quantitative estimate of drug-likeness (QED) is 0.304. The predicted molar refractivity (Wildman–Crippen MR) is 122 cm³/mol. The SMILES string of the molecule is Cc1cccc(C)c1-c1cn2c3cc4ccn(C)c4cc3c3ccccc3c2n1. The number of aromatic nitrogens is 3. The molecule has 0 spiro atoms. The zero-order valence-electron chi connectivity index (χ0n) is 16.8. The molecule has 0 atom stereocenters. The molecule has 0 amide bonds. The smallest absolute Gasteiger partial charge is 0.145 e. The van der Waals surface area contributed by atoms with Gasteiger partial charge in [0.1, 0.15) is 5.65 Å². The molecule has 0 aliphatic heterocycles. The van der Waals surface area contributed by atoms with Crippen molar-refractivity contribution in [2.75, 3.05) is 0 Å². The predicted octanol–water partition coefficient (Wildman–Crippen LogP) is 6.42. The lowest BCUT2D eigenvalue weighted by Gasteiger charge is -2.09. The van der Waals surface area contributed by atoms with Crippen molar-refractivity contribution in [2.24, 2.45) is 7.05 Å². The summed E-state index contributed by atoms with van der Waals surface area (Å²) < 4.78 is 4.45. The topological polar surface area (TPSA) is 22.2 Å². The molecule has 6 rings (SSSR count). The lowest BCUT2D eigenvalue weighted by atomic mass is 10.0. The summed E-state index contributed by atoms with van der Waals surface area (Å²) in [5.41, 5.74) is 8.24. The Labute approximate surface area is 168 Å². The number of nitrogens with zero attached hydrogens (tertiary/aromatic N) is 3. The number of hydrogen-bond donors (Lipinski definition) is 0. The minimum Gasteiger partial charge on any atom is -0.351 e. The first-order chi connectivity index (χ1) is 14.1. The number of fused-ring (bicyclic) bond motifs is 7. The first-order valence-corrected chi connectivity index (χ1v) is 9.97. The Hall–Kier alpha value is -3.59. The van der Waals surface area contributed by atoms with Crippen LogP contribution in [0.1, 0.15) is 11.1 Å². The first-order valence-electron chi connectivity index (χ1n) is 9.97. The highest BCUT2D eigenvalue weighted by Gasteiger charge is 2.15. The summed E-state index contributed by atoms with van der Waals surface area (Å²) in [6.45, 7) is 4.33. The zero-order valence-corrected chi connectivity index (χ0v) is 16.8. The van der Waals surface area contributed by atoms with Crippen LogP contribution >= 0.6 is 0 Å². The van der Waals surface area contributed by atoms with E-state index in [4.69, 9.17) is 4.98 Å². The summed E-state index contributed by atoms with van der Waals surface area (Å²) >= 11 is 0. The molecule has 0 radical (unpaired) electrons. The monoisotopic (exact) mass is 375 g/mol. The Morgan fingerprint density at radius 2 is 1.52 bits per heavy atom. The van der Waals surface area contributed by atoms with Crippen LogP contribution < -0.4 is 0 Å². The molecule has 140 valence electrons. The van der Waals surface area contributed by atoms with Crippen LogP contribution in [0.5, 0.6) is 0 Å². The minimum atomic E-state index is 1.01. The third-order valence-corrected chi connectivity index (χ3v) is 6.16. The largest absolute Gasteiger partial charge is 0.351 e. The minimum absolute atomic E-state index is 1.01. The Balaban J connectivity index is 1.83. The molecular formula is C26H21N3. The Morgan fingerprint density at radius 3 is 2.31 bits per heavy atom. The molecule has 3 aromatic carbocycles. The fourth-order valence-electron chi connectivity index (χ4n) is 4.73. The molecular weight excluding hydrogens is 354 g/mol. The molecule has 6 aromatic rings. The standard InChI is InChI=1S/C26H21N3/c1-16-7-6-8-17(2)25(16)22-15-29-24-13-18-11-12-28(3)23(18)14-21(24)19-9-4-5-10-20(19)26(29)27-22/h4-15H,1-3H3.